The number of aromatic carboxylic acids is 1. The van der Waals surface area contributed by atoms with Gasteiger partial charge in [-0.05, 0) is 24.3 Å². The quantitative estimate of drug-likeness (QED) is 0.871. The van der Waals surface area contributed by atoms with Gasteiger partial charge in [0.2, 0.25) is 0 Å². The van der Waals surface area contributed by atoms with Gasteiger partial charge in [0.1, 0.15) is 11.4 Å². The first kappa shape index (κ1) is 14.3. The molecule has 2 aromatic rings. The molecule has 104 valence electrons. The first-order valence-corrected chi connectivity index (χ1v) is 6.51. The average molecular weight is 338 g/mol. The van der Waals surface area contributed by atoms with Crippen molar-refractivity contribution >= 4 is 27.7 Å². The number of hydrogen-bond acceptors (Lipinski definition) is 3. The maximum Gasteiger partial charge on any atom is 0.352 e. The van der Waals surface area contributed by atoms with E-state index in [0.29, 0.717) is 16.9 Å². The largest absolute Gasteiger partial charge is 0.496 e. The number of rotatable bonds is 4. The van der Waals surface area contributed by atoms with Crippen LogP contribution in [0.5, 0.6) is 5.75 Å². The van der Waals surface area contributed by atoms with Crippen LogP contribution in [-0.2, 0) is 7.05 Å². The topological polar surface area (TPSA) is 68.5 Å². The molecule has 0 aliphatic carbocycles. The lowest BCUT2D eigenvalue weighted by Gasteiger charge is -2.07. The van der Waals surface area contributed by atoms with Crippen LogP contribution in [-0.4, -0.2) is 28.5 Å². The molecule has 1 heterocycles. The van der Waals surface area contributed by atoms with Crippen molar-refractivity contribution in [3.05, 3.63) is 51.8 Å². The number of benzene rings is 1. The second-order valence-electron chi connectivity index (χ2n) is 4.20. The molecule has 6 heteroatoms. The monoisotopic (exact) mass is 337 g/mol. The Morgan fingerprint density at radius 1 is 1.30 bits per heavy atom. The van der Waals surface area contributed by atoms with Gasteiger partial charge in [-0.2, -0.15) is 0 Å². The molecule has 0 amide bonds. The first-order chi connectivity index (χ1) is 9.43. The number of carboxylic acids is 1. The smallest absolute Gasteiger partial charge is 0.352 e. The molecule has 5 nitrogen and oxygen atoms in total. The zero-order valence-corrected chi connectivity index (χ0v) is 12.5. The third-order valence-electron chi connectivity index (χ3n) is 2.89. The maximum absolute atomic E-state index is 12.4. The summed E-state index contributed by atoms with van der Waals surface area (Å²) in [5.74, 6) is -0.920. The van der Waals surface area contributed by atoms with Crippen molar-refractivity contribution in [2.45, 2.75) is 0 Å². The van der Waals surface area contributed by atoms with Crippen LogP contribution >= 0.6 is 15.9 Å². The second kappa shape index (κ2) is 5.50. The summed E-state index contributed by atoms with van der Waals surface area (Å²) in [6.07, 6.45) is 1.49. The van der Waals surface area contributed by atoms with E-state index >= 15 is 0 Å². The molecule has 0 radical (unpaired) electrons. The van der Waals surface area contributed by atoms with Gasteiger partial charge in [0.05, 0.1) is 12.7 Å². The molecule has 1 aromatic carbocycles. The number of halogens is 1. The molecule has 0 aliphatic rings. The van der Waals surface area contributed by atoms with E-state index < -0.39 is 5.97 Å². The van der Waals surface area contributed by atoms with E-state index in [-0.39, 0.29) is 11.5 Å². The Morgan fingerprint density at radius 3 is 2.55 bits per heavy atom. The third-order valence-corrected chi connectivity index (χ3v) is 3.39. The predicted octanol–water partition coefficient (Wildman–Crippen LogP) is 2.73. The van der Waals surface area contributed by atoms with E-state index in [1.54, 1.807) is 25.2 Å². The summed E-state index contributed by atoms with van der Waals surface area (Å²) in [6.45, 7) is 0. The minimum atomic E-state index is -1.07. The van der Waals surface area contributed by atoms with Gasteiger partial charge in [0, 0.05) is 23.3 Å². The van der Waals surface area contributed by atoms with E-state index in [2.05, 4.69) is 15.9 Å². The summed E-state index contributed by atoms with van der Waals surface area (Å²) in [4.78, 5) is 23.4. The third kappa shape index (κ3) is 2.60. The Labute approximate surface area is 123 Å². The van der Waals surface area contributed by atoms with Gasteiger partial charge in [-0.15, -0.1) is 0 Å². The molecule has 0 fully saturated rings. The van der Waals surface area contributed by atoms with Gasteiger partial charge in [-0.1, -0.05) is 15.9 Å². The van der Waals surface area contributed by atoms with Crippen LogP contribution in [0.4, 0.5) is 0 Å². The molecular formula is C14H12BrNO4. The highest BCUT2D eigenvalue weighted by atomic mass is 79.9. The molecule has 0 atom stereocenters. The number of carbonyl (C=O) groups excluding carboxylic acids is 1. The lowest BCUT2D eigenvalue weighted by Crippen LogP contribution is -2.03. The fourth-order valence-corrected chi connectivity index (χ4v) is 2.25. The Morgan fingerprint density at radius 2 is 2.00 bits per heavy atom. The molecule has 1 N–H and O–H groups in total. The van der Waals surface area contributed by atoms with E-state index in [9.17, 15) is 9.59 Å². The van der Waals surface area contributed by atoms with Crippen molar-refractivity contribution in [2.75, 3.05) is 7.11 Å². The van der Waals surface area contributed by atoms with E-state index in [0.717, 1.165) is 4.47 Å². The number of carboxylic acid groups (broad SMARTS) is 1. The number of hydrogen-bond donors (Lipinski definition) is 1. The van der Waals surface area contributed by atoms with Gasteiger partial charge in [0.15, 0.2) is 5.78 Å². The maximum atomic E-state index is 12.4. The van der Waals surface area contributed by atoms with Crippen molar-refractivity contribution in [2.24, 2.45) is 7.05 Å². The number of methoxy groups -OCH3 is 1. The Hall–Kier alpha value is -2.08. The van der Waals surface area contributed by atoms with Gasteiger partial charge >= 0.3 is 5.97 Å². The van der Waals surface area contributed by atoms with E-state index in [1.807, 2.05) is 0 Å². The molecule has 1 aromatic heterocycles. The number of carbonyl (C=O) groups is 2. The van der Waals surface area contributed by atoms with Gasteiger partial charge in [-0.25, -0.2) is 4.79 Å². The summed E-state index contributed by atoms with van der Waals surface area (Å²) in [7, 11) is 3.06. The van der Waals surface area contributed by atoms with Crippen LogP contribution in [0, 0.1) is 0 Å². The van der Waals surface area contributed by atoms with Crippen LogP contribution in [0.2, 0.25) is 0 Å². The first-order valence-electron chi connectivity index (χ1n) is 5.72. The summed E-state index contributed by atoms with van der Waals surface area (Å²) in [5.41, 5.74) is 0.758. The van der Waals surface area contributed by atoms with Gasteiger partial charge in [-0.3, -0.25) is 4.79 Å². The molecule has 0 saturated carbocycles. The lowest BCUT2D eigenvalue weighted by molar-refractivity contribution is 0.0686. The van der Waals surface area contributed by atoms with Crippen LogP contribution in [0.3, 0.4) is 0 Å². The molecule has 0 aliphatic heterocycles. The normalized spacial score (nSPS) is 10.3. The van der Waals surface area contributed by atoms with Gasteiger partial charge < -0.3 is 14.4 Å². The summed E-state index contributed by atoms with van der Waals surface area (Å²) < 4.78 is 7.38. The lowest BCUT2D eigenvalue weighted by atomic mass is 10.0. The van der Waals surface area contributed by atoms with Crippen molar-refractivity contribution < 1.29 is 19.4 Å². The molecular weight excluding hydrogens is 326 g/mol. The van der Waals surface area contributed by atoms with Crippen molar-refractivity contribution in [3.8, 4) is 5.75 Å². The van der Waals surface area contributed by atoms with Crippen molar-refractivity contribution in [3.63, 3.8) is 0 Å². The fraction of sp³-hybridized carbons (Fsp3) is 0.143. The Balaban J connectivity index is 2.46. The minimum absolute atomic E-state index is 0.0597. The number of aryl methyl sites for hydroxylation is 1. The minimum Gasteiger partial charge on any atom is -0.496 e. The molecule has 20 heavy (non-hydrogen) atoms. The SMILES string of the molecule is COc1cc(Br)ccc1C(=O)c1cc(C(=O)O)n(C)c1. The number of ether oxygens (including phenoxy) is 1. The van der Waals surface area contributed by atoms with Gasteiger partial charge in [0.25, 0.3) is 0 Å². The van der Waals surface area contributed by atoms with E-state index in [4.69, 9.17) is 9.84 Å². The van der Waals surface area contributed by atoms with Crippen LogP contribution in [0.1, 0.15) is 26.4 Å². The highest BCUT2D eigenvalue weighted by molar-refractivity contribution is 9.10. The highest BCUT2D eigenvalue weighted by Gasteiger charge is 2.19. The molecule has 2 rings (SSSR count). The standard InChI is InChI=1S/C14H12BrNO4/c1-16-7-8(5-11(16)14(18)19)13(17)10-4-3-9(15)6-12(10)20-2/h3-7H,1-2H3,(H,18,19). The second-order valence-corrected chi connectivity index (χ2v) is 5.12. The molecule has 0 unspecified atom stereocenters. The van der Waals surface area contributed by atoms with E-state index in [1.165, 1.54) is 23.9 Å². The summed E-state index contributed by atoms with van der Waals surface area (Å²) in [5, 5.41) is 9.01. The van der Waals surface area contributed by atoms with Crippen molar-refractivity contribution in [1.29, 1.82) is 0 Å². The average Bonchev–Trinajstić information content (AvgIpc) is 2.80. The van der Waals surface area contributed by atoms with Crippen LogP contribution in [0.15, 0.2) is 34.9 Å². The highest BCUT2D eigenvalue weighted by Crippen LogP contribution is 2.26. The number of aromatic nitrogens is 1. The predicted molar refractivity (Wildman–Crippen MR) is 76.5 cm³/mol. The van der Waals surface area contributed by atoms with Crippen LogP contribution < -0.4 is 4.74 Å². The molecule has 0 bridgehead atoms. The summed E-state index contributed by atoms with van der Waals surface area (Å²) in [6, 6.07) is 6.41. The fourth-order valence-electron chi connectivity index (χ4n) is 1.91. The molecule has 0 spiro atoms. The van der Waals surface area contributed by atoms with Crippen LogP contribution in [0.25, 0.3) is 0 Å². The zero-order valence-electron chi connectivity index (χ0n) is 10.9. The zero-order chi connectivity index (χ0) is 14.9. The summed E-state index contributed by atoms with van der Waals surface area (Å²) >= 11 is 3.30. The Kier molecular flexibility index (Phi) is 3.94. The van der Waals surface area contributed by atoms with Crippen molar-refractivity contribution in [1.82, 2.24) is 4.57 Å². The molecule has 0 saturated heterocycles. The Bertz CT molecular complexity index is 690. The number of ketones is 1. The number of nitrogens with zero attached hydrogens (tertiary/aromatic N) is 1.